The summed E-state index contributed by atoms with van der Waals surface area (Å²) < 4.78 is 5.62. The Bertz CT molecular complexity index is 431. The van der Waals surface area contributed by atoms with E-state index in [4.69, 9.17) is 4.74 Å². The van der Waals surface area contributed by atoms with Gasteiger partial charge in [0.25, 0.3) is 0 Å². The molecule has 3 nitrogen and oxygen atoms in total. The molecule has 2 saturated heterocycles. The summed E-state index contributed by atoms with van der Waals surface area (Å²) in [6.45, 7) is 3.76. The summed E-state index contributed by atoms with van der Waals surface area (Å²) in [6, 6.07) is 0. The van der Waals surface area contributed by atoms with Crippen LogP contribution in [-0.4, -0.2) is 37.1 Å². The van der Waals surface area contributed by atoms with Gasteiger partial charge in [0, 0.05) is 25.1 Å². The Balaban J connectivity index is 1.37. The number of hydrogen-bond acceptors (Lipinski definition) is 2. The van der Waals surface area contributed by atoms with Crippen LogP contribution in [0.1, 0.15) is 51.4 Å². The van der Waals surface area contributed by atoms with Crippen LogP contribution in [0, 0.1) is 28.6 Å². The molecule has 0 aromatic heterocycles. The molecule has 116 valence electrons. The predicted molar refractivity (Wildman–Crippen MR) is 79.7 cm³/mol. The van der Waals surface area contributed by atoms with Crippen molar-refractivity contribution in [1.29, 1.82) is 0 Å². The Kier molecular flexibility index (Phi) is 2.61. The molecule has 0 radical (unpaired) electrons. The minimum Gasteiger partial charge on any atom is -0.381 e. The monoisotopic (exact) mass is 289 g/mol. The van der Waals surface area contributed by atoms with E-state index in [1.54, 1.807) is 0 Å². The van der Waals surface area contributed by atoms with Gasteiger partial charge in [-0.1, -0.05) is 0 Å². The lowest BCUT2D eigenvalue weighted by Gasteiger charge is -2.56. The fourth-order valence-corrected chi connectivity index (χ4v) is 6.79. The van der Waals surface area contributed by atoms with E-state index in [1.165, 1.54) is 44.9 Å². The highest BCUT2D eigenvalue weighted by atomic mass is 16.5. The van der Waals surface area contributed by atoms with Crippen molar-refractivity contribution in [2.24, 2.45) is 28.6 Å². The molecule has 6 aliphatic rings. The molecule has 4 saturated carbocycles. The second-order valence-electron chi connectivity index (χ2n) is 8.98. The van der Waals surface area contributed by atoms with Crippen LogP contribution in [0.25, 0.3) is 0 Å². The van der Waals surface area contributed by atoms with Crippen molar-refractivity contribution < 1.29 is 9.53 Å². The second-order valence-corrected chi connectivity index (χ2v) is 8.98. The maximum absolute atomic E-state index is 13.3. The summed E-state index contributed by atoms with van der Waals surface area (Å²) in [5, 5.41) is 0. The van der Waals surface area contributed by atoms with Gasteiger partial charge < -0.3 is 9.64 Å². The van der Waals surface area contributed by atoms with Gasteiger partial charge in [-0.2, -0.15) is 0 Å². The summed E-state index contributed by atoms with van der Waals surface area (Å²) in [5.74, 6) is 3.13. The average molecular weight is 289 g/mol. The van der Waals surface area contributed by atoms with Crippen LogP contribution in [0.3, 0.4) is 0 Å². The fourth-order valence-electron chi connectivity index (χ4n) is 6.79. The van der Waals surface area contributed by atoms with Crippen molar-refractivity contribution in [1.82, 2.24) is 4.90 Å². The molecule has 21 heavy (non-hydrogen) atoms. The number of ether oxygens (including phenoxy) is 1. The zero-order chi connectivity index (χ0) is 14.1. The minimum absolute atomic E-state index is 0.0553. The number of likely N-dealkylation sites (tertiary alicyclic amines) is 1. The van der Waals surface area contributed by atoms with Gasteiger partial charge in [-0.15, -0.1) is 0 Å². The summed E-state index contributed by atoms with van der Waals surface area (Å²) in [4.78, 5) is 15.6. The van der Waals surface area contributed by atoms with E-state index in [-0.39, 0.29) is 5.41 Å². The Hall–Kier alpha value is -0.570. The number of hydrogen-bond donors (Lipinski definition) is 0. The lowest BCUT2D eigenvalue weighted by molar-refractivity contribution is -0.157. The molecule has 2 heterocycles. The maximum atomic E-state index is 13.3. The van der Waals surface area contributed by atoms with Crippen LogP contribution >= 0.6 is 0 Å². The third-order valence-corrected chi connectivity index (χ3v) is 7.40. The summed E-state index contributed by atoms with van der Waals surface area (Å²) >= 11 is 0. The van der Waals surface area contributed by atoms with E-state index < -0.39 is 0 Å². The van der Waals surface area contributed by atoms with Gasteiger partial charge in [0.1, 0.15) is 0 Å². The molecule has 0 aromatic rings. The first-order valence-corrected chi connectivity index (χ1v) is 9.04. The molecule has 2 aliphatic heterocycles. The molecule has 6 fully saturated rings. The zero-order valence-electron chi connectivity index (χ0n) is 13.0. The van der Waals surface area contributed by atoms with E-state index in [1.807, 2.05) is 0 Å². The van der Waals surface area contributed by atoms with Crippen molar-refractivity contribution >= 4 is 5.91 Å². The van der Waals surface area contributed by atoms with Crippen LogP contribution in [0.5, 0.6) is 0 Å². The van der Waals surface area contributed by atoms with E-state index in [0.29, 0.717) is 11.3 Å². The minimum atomic E-state index is 0.0553. The van der Waals surface area contributed by atoms with Crippen LogP contribution in [0.2, 0.25) is 0 Å². The average Bonchev–Trinajstić information content (AvgIpc) is 3.07. The molecular formula is C18H27NO2. The normalized spacial score (nSPS) is 51.2. The molecule has 1 atom stereocenters. The topological polar surface area (TPSA) is 29.5 Å². The molecule has 4 aliphatic carbocycles. The fraction of sp³-hybridized carbons (Fsp3) is 0.944. The van der Waals surface area contributed by atoms with Crippen LogP contribution in [-0.2, 0) is 9.53 Å². The van der Waals surface area contributed by atoms with E-state index >= 15 is 0 Å². The van der Waals surface area contributed by atoms with Gasteiger partial charge in [0.05, 0.1) is 12.0 Å². The second kappa shape index (κ2) is 4.24. The SMILES string of the molecule is O=C(N1CCC2(CCOC2)C1)C12CC3CC(CC(C3)C1)C2. The van der Waals surface area contributed by atoms with E-state index in [9.17, 15) is 4.79 Å². The number of carbonyl (C=O) groups is 1. The van der Waals surface area contributed by atoms with Gasteiger partial charge in [0.2, 0.25) is 5.91 Å². The quantitative estimate of drug-likeness (QED) is 0.743. The van der Waals surface area contributed by atoms with Crippen molar-refractivity contribution in [3.05, 3.63) is 0 Å². The van der Waals surface area contributed by atoms with Gasteiger partial charge in [0.15, 0.2) is 0 Å². The third kappa shape index (κ3) is 1.85. The largest absolute Gasteiger partial charge is 0.381 e. The molecule has 0 aromatic carbocycles. The lowest BCUT2D eigenvalue weighted by atomic mass is 9.49. The van der Waals surface area contributed by atoms with Crippen LogP contribution in [0.15, 0.2) is 0 Å². The number of nitrogens with zero attached hydrogens (tertiary/aromatic N) is 1. The van der Waals surface area contributed by atoms with E-state index in [2.05, 4.69) is 4.90 Å². The molecule has 0 N–H and O–H groups in total. The van der Waals surface area contributed by atoms with Crippen molar-refractivity contribution in [3.63, 3.8) is 0 Å². The highest BCUT2D eigenvalue weighted by molar-refractivity contribution is 5.83. The van der Waals surface area contributed by atoms with Crippen LogP contribution in [0.4, 0.5) is 0 Å². The first-order chi connectivity index (χ1) is 10.2. The Morgan fingerprint density at radius 2 is 1.67 bits per heavy atom. The number of amides is 1. The van der Waals surface area contributed by atoms with Gasteiger partial charge in [-0.05, 0) is 69.1 Å². The molecule has 1 spiro atoms. The third-order valence-electron chi connectivity index (χ3n) is 7.40. The first kappa shape index (κ1) is 12.9. The Labute approximate surface area is 127 Å². The summed E-state index contributed by atoms with van der Waals surface area (Å²) in [6.07, 6.45) is 10.2. The lowest BCUT2D eigenvalue weighted by Crippen LogP contribution is -2.54. The standard InChI is InChI=1S/C18H27NO2/c20-16(19-3-1-17(11-19)2-4-21-12-17)18-8-13-5-14(9-18)7-15(6-13)10-18/h13-15H,1-12H2. The van der Waals surface area contributed by atoms with Gasteiger partial charge in [-0.25, -0.2) is 0 Å². The van der Waals surface area contributed by atoms with Gasteiger partial charge >= 0.3 is 0 Å². The predicted octanol–water partition coefficient (Wildman–Crippen LogP) is 2.84. The smallest absolute Gasteiger partial charge is 0.228 e. The summed E-state index contributed by atoms with van der Waals surface area (Å²) in [7, 11) is 0. The molecule has 1 amide bonds. The zero-order valence-corrected chi connectivity index (χ0v) is 13.0. The molecular weight excluding hydrogens is 262 g/mol. The number of carbonyl (C=O) groups excluding carboxylic acids is 1. The van der Waals surface area contributed by atoms with Crippen molar-refractivity contribution in [2.75, 3.05) is 26.3 Å². The Morgan fingerprint density at radius 1 is 1.00 bits per heavy atom. The number of rotatable bonds is 1. The van der Waals surface area contributed by atoms with Crippen LogP contribution < -0.4 is 0 Å². The molecule has 6 rings (SSSR count). The molecule has 4 bridgehead atoms. The molecule has 1 unspecified atom stereocenters. The highest BCUT2D eigenvalue weighted by Crippen LogP contribution is 2.61. The van der Waals surface area contributed by atoms with Crippen molar-refractivity contribution in [2.45, 2.75) is 51.4 Å². The molecule has 3 heteroatoms. The van der Waals surface area contributed by atoms with Gasteiger partial charge in [-0.3, -0.25) is 4.79 Å². The summed E-state index contributed by atoms with van der Waals surface area (Å²) in [5.41, 5.74) is 0.373. The first-order valence-electron chi connectivity index (χ1n) is 9.04. The van der Waals surface area contributed by atoms with E-state index in [0.717, 1.165) is 50.5 Å². The Morgan fingerprint density at radius 3 is 2.24 bits per heavy atom. The van der Waals surface area contributed by atoms with Crippen molar-refractivity contribution in [3.8, 4) is 0 Å². The highest BCUT2D eigenvalue weighted by Gasteiger charge is 2.57. The maximum Gasteiger partial charge on any atom is 0.228 e.